The molecule has 0 saturated carbocycles. The van der Waals surface area contributed by atoms with Crippen molar-refractivity contribution in [2.75, 3.05) is 13.2 Å². The van der Waals surface area contributed by atoms with Crippen molar-refractivity contribution in [2.24, 2.45) is 0 Å². The van der Waals surface area contributed by atoms with Crippen molar-refractivity contribution in [3.05, 3.63) is 35.4 Å². The number of hydrogen-bond donors (Lipinski definition) is 1. The molecule has 3 heteroatoms. The van der Waals surface area contributed by atoms with E-state index in [1.165, 1.54) is 11.1 Å². The number of benzene rings is 1. The van der Waals surface area contributed by atoms with E-state index in [1.807, 2.05) is 13.0 Å². The molecule has 94 valence electrons. The maximum absolute atomic E-state index is 11.2. The summed E-state index contributed by atoms with van der Waals surface area (Å²) in [5.74, 6) is -0.142. The van der Waals surface area contributed by atoms with Crippen LogP contribution in [-0.4, -0.2) is 19.1 Å². The van der Waals surface area contributed by atoms with Crippen LogP contribution in [0.4, 0.5) is 0 Å². The molecule has 0 radical (unpaired) electrons. The Bertz CT molecular complexity index is 363. The third kappa shape index (κ3) is 5.00. The number of aryl methyl sites for hydroxylation is 1. The first-order valence-electron chi connectivity index (χ1n) is 6.09. The second kappa shape index (κ2) is 7.07. The van der Waals surface area contributed by atoms with Crippen molar-refractivity contribution in [1.82, 2.24) is 5.32 Å². The summed E-state index contributed by atoms with van der Waals surface area (Å²) in [4.78, 5) is 11.2. The Kier molecular flexibility index (Phi) is 5.70. The van der Waals surface area contributed by atoms with Gasteiger partial charge in [-0.2, -0.15) is 0 Å². The second-order valence-corrected chi connectivity index (χ2v) is 4.14. The molecule has 1 aromatic rings. The highest BCUT2D eigenvalue weighted by Crippen LogP contribution is 2.13. The van der Waals surface area contributed by atoms with E-state index >= 15 is 0 Å². The van der Waals surface area contributed by atoms with Gasteiger partial charge in [0.25, 0.3) is 0 Å². The zero-order valence-corrected chi connectivity index (χ0v) is 10.8. The van der Waals surface area contributed by atoms with Crippen LogP contribution < -0.4 is 5.32 Å². The van der Waals surface area contributed by atoms with Crippen LogP contribution in [0.15, 0.2) is 24.3 Å². The van der Waals surface area contributed by atoms with Crippen LogP contribution in [-0.2, 0) is 9.53 Å². The largest absolute Gasteiger partial charge is 0.466 e. The van der Waals surface area contributed by atoms with E-state index in [0.717, 1.165) is 0 Å². The highest BCUT2D eigenvalue weighted by molar-refractivity contribution is 5.69. The van der Waals surface area contributed by atoms with Crippen LogP contribution in [0.3, 0.4) is 0 Å². The zero-order valence-electron chi connectivity index (χ0n) is 10.8. The Morgan fingerprint density at radius 1 is 1.47 bits per heavy atom. The summed E-state index contributed by atoms with van der Waals surface area (Å²) in [5.41, 5.74) is 2.50. The standard InChI is InChI=1S/C14H21NO2/c1-4-17-14(16)8-9-15-12(3)13-7-5-6-11(2)10-13/h5-7,10,12,15H,4,8-9H2,1-3H3/t12-/m0/s1. The van der Waals surface area contributed by atoms with Crippen molar-refractivity contribution in [3.8, 4) is 0 Å². The maximum atomic E-state index is 11.2. The van der Waals surface area contributed by atoms with Crippen LogP contribution in [0.25, 0.3) is 0 Å². The highest BCUT2D eigenvalue weighted by atomic mass is 16.5. The fourth-order valence-electron chi connectivity index (χ4n) is 1.68. The predicted octanol–water partition coefficient (Wildman–Crippen LogP) is 2.60. The van der Waals surface area contributed by atoms with E-state index in [-0.39, 0.29) is 12.0 Å². The molecule has 1 aromatic carbocycles. The minimum atomic E-state index is -0.142. The SMILES string of the molecule is CCOC(=O)CCN[C@@H](C)c1cccc(C)c1. The van der Waals surface area contributed by atoms with Crippen LogP contribution in [0.1, 0.15) is 37.4 Å². The van der Waals surface area contributed by atoms with E-state index in [1.54, 1.807) is 0 Å². The fourth-order valence-corrected chi connectivity index (χ4v) is 1.68. The fraction of sp³-hybridized carbons (Fsp3) is 0.500. The number of carbonyl (C=O) groups is 1. The molecule has 3 nitrogen and oxygen atoms in total. The number of ether oxygens (including phenoxy) is 1. The predicted molar refractivity (Wildman–Crippen MR) is 68.8 cm³/mol. The minimum absolute atomic E-state index is 0.142. The molecule has 1 rings (SSSR count). The molecule has 0 aliphatic heterocycles. The molecule has 0 heterocycles. The number of carbonyl (C=O) groups excluding carboxylic acids is 1. The number of nitrogens with one attached hydrogen (secondary N) is 1. The van der Waals surface area contributed by atoms with Gasteiger partial charge in [0.15, 0.2) is 0 Å². The van der Waals surface area contributed by atoms with Gasteiger partial charge in [-0.15, -0.1) is 0 Å². The Morgan fingerprint density at radius 2 is 2.24 bits per heavy atom. The molecule has 1 atom stereocenters. The van der Waals surface area contributed by atoms with Crippen molar-refractivity contribution in [3.63, 3.8) is 0 Å². The van der Waals surface area contributed by atoms with Crippen LogP contribution >= 0.6 is 0 Å². The van der Waals surface area contributed by atoms with Crippen LogP contribution in [0.2, 0.25) is 0 Å². The van der Waals surface area contributed by atoms with Gasteiger partial charge >= 0.3 is 5.97 Å². The quantitative estimate of drug-likeness (QED) is 0.770. The summed E-state index contributed by atoms with van der Waals surface area (Å²) in [7, 11) is 0. The smallest absolute Gasteiger partial charge is 0.307 e. The summed E-state index contributed by atoms with van der Waals surface area (Å²) in [6.07, 6.45) is 0.421. The topological polar surface area (TPSA) is 38.3 Å². The molecular formula is C14H21NO2. The van der Waals surface area contributed by atoms with Crippen molar-refractivity contribution >= 4 is 5.97 Å². The molecular weight excluding hydrogens is 214 g/mol. The lowest BCUT2D eigenvalue weighted by atomic mass is 10.1. The lowest BCUT2D eigenvalue weighted by Crippen LogP contribution is -2.22. The zero-order chi connectivity index (χ0) is 12.7. The lowest BCUT2D eigenvalue weighted by molar-refractivity contribution is -0.143. The first kappa shape index (κ1) is 13.7. The molecule has 0 spiro atoms. The van der Waals surface area contributed by atoms with Gasteiger partial charge in [0.2, 0.25) is 0 Å². The maximum Gasteiger partial charge on any atom is 0.307 e. The van der Waals surface area contributed by atoms with Gasteiger partial charge in [-0.3, -0.25) is 4.79 Å². The molecule has 0 amide bonds. The Hall–Kier alpha value is -1.35. The molecule has 0 aromatic heterocycles. The van der Waals surface area contributed by atoms with Gasteiger partial charge in [0, 0.05) is 12.6 Å². The van der Waals surface area contributed by atoms with Crippen molar-refractivity contribution in [2.45, 2.75) is 33.2 Å². The van der Waals surface area contributed by atoms with Gasteiger partial charge < -0.3 is 10.1 Å². The summed E-state index contributed by atoms with van der Waals surface area (Å²) >= 11 is 0. The Morgan fingerprint density at radius 3 is 2.88 bits per heavy atom. The van der Waals surface area contributed by atoms with E-state index in [9.17, 15) is 4.79 Å². The average molecular weight is 235 g/mol. The molecule has 0 bridgehead atoms. The van der Waals surface area contributed by atoms with Crippen molar-refractivity contribution in [1.29, 1.82) is 0 Å². The third-order valence-electron chi connectivity index (χ3n) is 2.63. The van der Waals surface area contributed by atoms with Gasteiger partial charge in [0.05, 0.1) is 13.0 Å². The van der Waals surface area contributed by atoms with E-state index in [4.69, 9.17) is 4.74 Å². The monoisotopic (exact) mass is 235 g/mol. The van der Waals surface area contributed by atoms with Gasteiger partial charge in [-0.05, 0) is 26.3 Å². The van der Waals surface area contributed by atoms with Crippen LogP contribution in [0, 0.1) is 6.92 Å². The van der Waals surface area contributed by atoms with Crippen molar-refractivity contribution < 1.29 is 9.53 Å². The summed E-state index contributed by atoms with van der Waals surface area (Å²) in [6.45, 7) is 7.09. The van der Waals surface area contributed by atoms with E-state index < -0.39 is 0 Å². The summed E-state index contributed by atoms with van der Waals surface area (Å²) < 4.78 is 4.87. The van der Waals surface area contributed by atoms with E-state index in [0.29, 0.717) is 19.6 Å². The molecule has 0 aliphatic carbocycles. The molecule has 0 aliphatic rings. The first-order chi connectivity index (χ1) is 8.13. The van der Waals surface area contributed by atoms with Gasteiger partial charge in [-0.1, -0.05) is 29.8 Å². The van der Waals surface area contributed by atoms with Gasteiger partial charge in [-0.25, -0.2) is 0 Å². The number of rotatable bonds is 6. The molecule has 0 unspecified atom stereocenters. The first-order valence-corrected chi connectivity index (χ1v) is 6.09. The average Bonchev–Trinajstić information content (AvgIpc) is 2.29. The highest BCUT2D eigenvalue weighted by Gasteiger charge is 2.06. The number of esters is 1. The molecule has 0 saturated heterocycles. The normalized spacial score (nSPS) is 12.2. The number of hydrogen-bond acceptors (Lipinski definition) is 3. The summed E-state index contributed by atoms with van der Waals surface area (Å²) in [6, 6.07) is 8.63. The van der Waals surface area contributed by atoms with Gasteiger partial charge in [0.1, 0.15) is 0 Å². The molecule has 1 N–H and O–H groups in total. The molecule has 0 fully saturated rings. The Balaban J connectivity index is 2.35. The Labute approximate surface area is 103 Å². The minimum Gasteiger partial charge on any atom is -0.466 e. The van der Waals surface area contributed by atoms with E-state index in [2.05, 4.69) is 37.4 Å². The summed E-state index contributed by atoms with van der Waals surface area (Å²) in [5, 5.41) is 3.31. The second-order valence-electron chi connectivity index (χ2n) is 4.14. The van der Waals surface area contributed by atoms with Crippen LogP contribution in [0.5, 0.6) is 0 Å². The lowest BCUT2D eigenvalue weighted by Gasteiger charge is -2.14. The third-order valence-corrected chi connectivity index (χ3v) is 2.63. The molecule has 17 heavy (non-hydrogen) atoms.